The summed E-state index contributed by atoms with van der Waals surface area (Å²) >= 11 is 0. The van der Waals surface area contributed by atoms with Crippen molar-refractivity contribution in [3.8, 4) is 0 Å². The van der Waals surface area contributed by atoms with E-state index in [1.54, 1.807) is 38.5 Å². The van der Waals surface area contributed by atoms with Crippen molar-refractivity contribution in [3.63, 3.8) is 0 Å². The molecule has 1 aliphatic rings. The van der Waals surface area contributed by atoms with Crippen LogP contribution in [0.4, 0.5) is 0 Å². The minimum atomic E-state index is -3.84. The Labute approximate surface area is 264 Å². The lowest BCUT2D eigenvalue weighted by atomic mass is 9.78. The molecular weight excluding hydrogens is 574 g/mol. The molecule has 1 heterocycles. The number of aryl methyl sites for hydroxylation is 1. The highest BCUT2D eigenvalue weighted by atomic mass is 32.2. The number of benzene rings is 3. The summed E-state index contributed by atoms with van der Waals surface area (Å²) in [5, 5.41) is 0. The van der Waals surface area contributed by atoms with E-state index in [1.807, 2.05) is 61.5 Å². The van der Waals surface area contributed by atoms with Gasteiger partial charge in [0.2, 0.25) is 10.0 Å². The fourth-order valence-corrected chi connectivity index (χ4v) is 7.79. The van der Waals surface area contributed by atoms with E-state index in [-0.39, 0.29) is 17.1 Å². The van der Waals surface area contributed by atoms with Crippen LogP contribution in [0.15, 0.2) is 83.8 Å². The molecule has 0 spiro atoms. The SMILES string of the molecule is CCC(CC)(OC)[C@@H]1OC(Cc2ccccc2[C@H](NS(=O)(=O)c2ccc(C)cc2)c2ccccc2)O[C@H]1C(CC)(CC)OC. The Balaban J connectivity index is 1.73. The van der Waals surface area contributed by atoms with Crippen molar-refractivity contribution < 1.29 is 27.4 Å². The molecule has 44 heavy (non-hydrogen) atoms. The molecule has 240 valence electrons. The molecule has 1 fully saturated rings. The third-order valence-electron chi connectivity index (χ3n) is 9.61. The van der Waals surface area contributed by atoms with Crippen molar-refractivity contribution in [1.82, 2.24) is 4.72 Å². The van der Waals surface area contributed by atoms with Gasteiger partial charge in [-0.25, -0.2) is 8.42 Å². The van der Waals surface area contributed by atoms with Crippen LogP contribution in [0.3, 0.4) is 0 Å². The Hall–Kier alpha value is -2.59. The summed E-state index contributed by atoms with van der Waals surface area (Å²) in [5.74, 6) is 0. The molecule has 1 N–H and O–H groups in total. The summed E-state index contributed by atoms with van der Waals surface area (Å²) in [6.45, 7) is 10.4. The number of ether oxygens (including phenoxy) is 4. The number of hydrogen-bond acceptors (Lipinski definition) is 6. The highest BCUT2D eigenvalue weighted by molar-refractivity contribution is 7.89. The molecule has 1 saturated heterocycles. The van der Waals surface area contributed by atoms with Gasteiger partial charge >= 0.3 is 0 Å². The predicted octanol–water partition coefficient (Wildman–Crippen LogP) is 7.13. The maximum absolute atomic E-state index is 13.7. The first-order valence-electron chi connectivity index (χ1n) is 15.7. The van der Waals surface area contributed by atoms with Crippen LogP contribution in [0.1, 0.15) is 81.7 Å². The van der Waals surface area contributed by atoms with Crippen molar-refractivity contribution >= 4 is 10.0 Å². The van der Waals surface area contributed by atoms with Crippen molar-refractivity contribution in [2.75, 3.05) is 14.2 Å². The van der Waals surface area contributed by atoms with Crippen molar-refractivity contribution in [2.45, 2.75) is 107 Å². The van der Waals surface area contributed by atoms with E-state index >= 15 is 0 Å². The molecule has 3 aromatic carbocycles. The highest BCUT2D eigenvalue weighted by Gasteiger charge is 2.56. The normalized spacial score (nSPS) is 18.9. The molecule has 1 aliphatic heterocycles. The van der Waals surface area contributed by atoms with E-state index in [1.165, 1.54) is 0 Å². The minimum Gasteiger partial charge on any atom is -0.375 e. The van der Waals surface area contributed by atoms with Crippen molar-refractivity contribution in [1.29, 1.82) is 0 Å². The molecule has 0 bridgehead atoms. The van der Waals surface area contributed by atoms with Gasteiger partial charge in [-0.1, -0.05) is 100.0 Å². The number of hydrogen-bond donors (Lipinski definition) is 1. The molecule has 0 unspecified atom stereocenters. The first-order chi connectivity index (χ1) is 21.1. The first-order valence-corrected chi connectivity index (χ1v) is 17.2. The van der Waals surface area contributed by atoms with Gasteiger partial charge in [0.1, 0.15) is 12.2 Å². The Morgan fingerprint density at radius 1 is 0.750 bits per heavy atom. The van der Waals surface area contributed by atoms with Gasteiger partial charge in [-0.3, -0.25) is 0 Å². The van der Waals surface area contributed by atoms with Crippen LogP contribution in [0.2, 0.25) is 0 Å². The van der Waals surface area contributed by atoms with Gasteiger partial charge in [-0.05, 0) is 61.4 Å². The van der Waals surface area contributed by atoms with Gasteiger partial charge < -0.3 is 18.9 Å². The average molecular weight is 624 g/mol. The fourth-order valence-electron chi connectivity index (χ4n) is 6.59. The number of rotatable bonds is 15. The Bertz CT molecular complexity index is 1390. The number of nitrogens with one attached hydrogen (secondary N) is 1. The molecular formula is C36H49NO6S. The van der Waals surface area contributed by atoms with Crippen LogP contribution in [0.5, 0.6) is 0 Å². The number of methoxy groups -OCH3 is 2. The van der Waals surface area contributed by atoms with E-state index in [4.69, 9.17) is 18.9 Å². The van der Waals surface area contributed by atoms with Gasteiger partial charge in [0.15, 0.2) is 6.29 Å². The predicted molar refractivity (Wildman–Crippen MR) is 174 cm³/mol. The zero-order chi connectivity index (χ0) is 32.0. The molecule has 0 aliphatic carbocycles. The molecule has 0 amide bonds. The lowest BCUT2D eigenvalue weighted by Crippen LogP contribution is -2.57. The monoisotopic (exact) mass is 623 g/mol. The molecule has 3 atom stereocenters. The molecule has 8 heteroatoms. The highest BCUT2D eigenvalue weighted by Crippen LogP contribution is 2.43. The topological polar surface area (TPSA) is 83.1 Å². The lowest BCUT2D eigenvalue weighted by Gasteiger charge is -2.44. The molecule has 4 rings (SSSR count). The summed E-state index contributed by atoms with van der Waals surface area (Å²) in [6, 6.07) is 23.8. The Kier molecular flexibility index (Phi) is 11.4. The van der Waals surface area contributed by atoms with Crippen LogP contribution in [-0.4, -0.2) is 52.3 Å². The third-order valence-corrected chi connectivity index (χ3v) is 11.0. The summed E-state index contributed by atoms with van der Waals surface area (Å²) in [7, 11) is -0.353. The molecule has 0 saturated carbocycles. The number of sulfonamides is 1. The Morgan fingerprint density at radius 3 is 1.75 bits per heavy atom. The van der Waals surface area contributed by atoms with Crippen LogP contribution >= 0.6 is 0 Å². The Morgan fingerprint density at radius 2 is 1.25 bits per heavy atom. The summed E-state index contributed by atoms with van der Waals surface area (Å²) in [4.78, 5) is 0.222. The second-order valence-electron chi connectivity index (χ2n) is 11.7. The second-order valence-corrected chi connectivity index (χ2v) is 13.4. The van der Waals surface area contributed by atoms with Gasteiger partial charge in [0.25, 0.3) is 0 Å². The maximum atomic E-state index is 13.7. The second kappa shape index (κ2) is 14.7. The van der Waals surface area contributed by atoms with Crippen LogP contribution in [0.25, 0.3) is 0 Å². The average Bonchev–Trinajstić information content (AvgIpc) is 3.48. The van der Waals surface area contributed by atoms with Crippen molar-refractivity contribution in [3.05, 3.63) is 101 Å². The molecule has 0 radical (unpaired) electrons. The van der Waals surface area contributed by atoms with Gasteiger partial charge in [-0.2, -0.15) is 4.72 Å². The van der Waals surface area contributed by atoms with E-state index in [0.29, 0.717) is 6.42 Å². The van der Waals surface area contributed by atoms with Crippen LogP contribution < -0.4 is 4.72 Å². The zero-order valence-electron chi connectivity index (χ0n) is 27.2. The quantitative estimate of drug-likeness (QED) is 0.194. The molecule has 7 nitrogen and oxygen atoms in total. The summed E-state index contributed by atoms with van der Waals surface area (Å²) in [5.41, 5.74) is 2.53. The largest absolute Gasteiger partial charge is 0.375 e. The zero-order valence-corrected chi connectivity index (χ0v) is 28.0. The van der Waals surface area contributed by atoms with Gasteiger partial charge in [0, 0.05) is 20.6 Å². The van der Waals surface area contributed by atoms with E-state index in [9.17, 15) is 8.42 Å². The fraction of sp³-hybridized carbons (Fsp3) is 0.500. The van der Waals surface area contributed by atoms with Crippen LogP contribution in [0, 0.1) is 6.92 Å². The molecule has 3 aromatic rings. The lowest BCUT2D eigenvalue weighted by molar-refractivity contribution is -0.162. The third kappa shape index (κ3) is 6.96. The van der Waals surface area contributed by atoms with Gasteiger partial charge in [0.05, 0.1) is 22.1 Å². The van der Waals surface area contributed by atoms with Crippen LogP contribution in [-0.2, 0) is 35.4 Å². The molecule has 0 aromatic heterocycles. The minimum absolute atomic E-state index is 0.222. The maximum Gasteiger partial charge on any atom is 0.241 e. The smallest absolute Gasteiger partial charge is 0.241 e. The van der Waals surface area contributed by atoms with E-state index < -0.39 is 33.6 Å². The van der Waals surface area contributed by atoms with Gasteiger partial charge in [-0.15, -0.1) is 0 Å². The standard InChI is InChI=1S/C36H49NO6S/c1-8-35(9-2,40-6)33-34(36(10-3,11-4)41-7)43-31(42-33)25-28-19-15-16-20-30(28)32(27-17-13-12-14-18-27)37-44(38,39)29-23-21-26(5)22-24-29/h12-24,31-34,37H,8-11,25H2,1-7H3/t32-,33-,34-/m1/s1. The van der Waals surface area contributed by atoms with E-state index in [2.05, 4.69) is 32.4 Å². The van der Waals surface area contributed by atoms with Crippen molar-refractivity contribution in [2.24, 2.45) is 0 Å². The summed E-state index contributed by atoms with van der Waals surface area (Å²) < 4.78 is 56.2. The van der Waals surface area contributed by atoms with E-state index in [0.717, 1.165) is 47.9 Å². The first kappa shape index (κ1) is 34.3. The summed E-state index contributed by atoms with van der Waals surface area (Å²) in [6.07, 6.45) is 2.22.